The molecule has 0 saturated heterocycles. The van der Waals surface area contributed by atoms with Crippen molar-refractivity contribution in [3.05, 3.63) is 78.1 Å². The first-order valence-corrected chi connectivity index (χ1v) is 8.58. The average molecular weight is 346 g/mol. The Labute approximate surface area is 153 Å². The molecule has 0 spiro atoms. The highest BCUT2D eigenvalue weighted by Gasteiger charge is 2.12. The molecule has 0 unspecified atom stereocenters. The summed E-state index contributed by atoms with van der Waals surface area (Å²) in [6.45, 7) is 4.28. The van der Waals surface area contributed by atoms with Crippen LogP contribution in [-0.4, -0.2) is 22.9 Å². The van der Waals surface area contributed by atoms with E-state index in [0.29, 0.717) is 17.6 Å². The lowest BCUT2D eigenvalue weighted by Gasteiger charge is -2.17. The molecule has 1 heterocycles. The summed E-state index contributed by atoms with van der Waals surface area (Å²) in [7, 11) is 1.87. The van der Waals surface area contributed by atoms with Crippen molar-refractivity contribution in [2.45, 2.75) is 19.8 Å². The fraction of sp³-hybridized carbons (Fsp3) is 0.190. The van der Waals surface area contributed by atoms with Crippen LogP contribution < -0.4 is 10.2 Å². The van der Waals surface area contributed by atoms with Gasteiger partial charge < -0.3 is 10.2 Å². The van der Waals surface area contributed by atoms with Gasteiger partial charge in [-0.3, -0.25) is 4.79 Å². The van der Waals surface area contributed by atoms with Crippen molar-refractivity contribution >= 4 is 23.2 Å². The molecule has 0 aliphatic carbocycles. The van der Waals surface area contributed by atoms with Crippen LogP contribution in [0.2, 0.25) is 0 Å². The van der Waals surface area contributed by atoms with Crippen molar-refractivity contribution in [1.29, 1.82) is 0 Å². The Morgan fingerprint density at radius 3 is 2.35 bits per heavy atom. The number of carbonyl (C=O) groups excluding carboxylic acids is 1. The molecule has 1 aromatic heterocycles. The number of amides is 1. The molecule has 1 N–H and O–H groups in total. The predicted molar refractivity (Wildman–Crippen MR) is 105 cm³/mol. The number of rotatable bonds is 5. The van der Waals surface area contributed by atoms with E-state index < -0.39 is 0 Å². The van der Waals surface area contributed by atoms with E-state index in [2.05, 4.69) is 29.1 Å². The quantitative estimate of drug-likeness (QED) is 0.732. The fourth-order valence-corrected chi connectivity index (χ4v) is 2.55. The lowest BCUT2D eigenvalue weighted by molar-refractivity contribution is 0.102. The van der Waals surface area contributed by atoms with E-state index in [1.165, 1.54) is 5.56 Å². The van der Waals surface area contributed by atoms with E-state index in [1.54, 1.807) is 12.3 Å². The van der Waals surface area contributed by atoms with Gasteiger partial charge in [0, 0.05) is 24.6 Å². The number of benzene rings is 2. The van der Waals surface area contributed by atoms with Crippen molar-refractivity contribution in [2.75, 3.05) is 17.3 Å². The van der Waals surface area contributed by atoms with Crippen LogP contribution in [-0.2, 0) is 0 Å². The second-order valence-corrected chi connectivity index (χ2v) is 6.37. The van der Waals surface area contributed by atoms with Crippen LogP contribution in [0.4, 0.5) is 17.3 Å². The van der Waals surface area contributed by atoms with Crippen LogP contribution in [0.5, 0.6) is 0 Å². The molecule has 1 amide bonds. The van der Waals surface area contributed by atoms with Crippen LogP contribution in [0.3, 0.4) is 0 Å². The molecular formula is C21H22N4O. The van der Waals surface area contributed by atoms with Gasteiger partial charge in [0.15, 0.2) is 0 Å². The molecule has 5 nitrogen and oxygen atoms in total. The second kappa shape index (κ2) is 7.78. The van der Waals surface area contributed by atoms with Gasteiger partial charge in [-0.15, -0.1) is 0 Å². The zero-order chi connectivity index (χ0) is 18.5. The van der Waals surface area contributed by atoms with Gasteiger partial charge in [0.2, 0.25) is 5.95 Å². The number of para-hydroxylation sites is 1. The van der Waals surface area contributed by atoms with Crippen LogP contribution in [0.1, 0.15) is 35.8 Å². The van der Waals surface area contributed by atoms with E-state index in [1.807, 2.05) is 66.5 Å². The number of hydrogen-bond donors (Lipinski definition) is 1. The molecule has 5 heteroatoms. The SMILES string of the molecule is CC(C)c1ccc(NC(=O)c2ccnc(N(C)c3ccccc3)n2)cc1. The summed E-state index contributed by atoms with van der Waals surface area (Å²) in [5.74, 6) is 0.670. The third-order valence-corrected chi connectivity index (χ3v) is 4.15. The lowest BCUT2D eigenvalue weighted by Crippen LogP contribution is -2.18. The Hall–Kier alpha value is -3.21. The van der Waals surface area contributed by atoms with Gasteiger partial charge in [-0.2, -0.15) is 0 Å². The maximum absolute atomic E-state index is 12.5. The minimum Gasteiger partial charge on any atom is -0.321 e. The fourth-order valence-electron chi connectivity index (χ4n) is 2.55. The summed E-state index contributed by atoms with van der Waals surface area (Å²) >= 11 is 0. The van der Waals surface area contributed by atoms with Gasteiger partial charge in [-0.25, -0.2) is 9.97 Å². The highest BCUT2D eigenvalue weighted by molar-refractivity contribution is 6.03. The van der Waals surface area contributed by atoms with Crippen LogP contribution in [0.15, 0.2) is 66.9 Å². The molecule has 0 aliphatic heterocycles. The monoisotopic (exact) mass is 346 g/mol. The maximum atomic E-state index is 12.5. The van der Waals surface area contributed by atoms with Crippen LogP contribution in [0.25, 0.3) is 0 Å². The highest BCUT2D eigenvalue weighted by atomic mass is 16.1. The van der Waals surface area contributed by atoms with Crippen molar-refractivity contribution in [2.24, 2.45) is 0 Å². The molecule has 0 bridgehead atoms. The number of hydrogen-bond acceptors (Lipinski definition) is 4. The van der Waals surface area contributed by atoms with Crippen molar-refractivity contribution in [3.63, 3.8) is 0 Å². The Bertz CT molecular complexity index is 876. The summed E-state index contributed by atoms with van der Waals surface area (Å²) < 4.78 is 0. The summed E-state index contributed by atoms with van der Waals surface area (Å²) in [6.07, 6.45) is 1.60. The second-order valence-electron chi connectivity index (χ2n) is 6.37. The first-order chi connectivity index (χ1) is 12.5. The smallest absolute Gasteiger partial charge is 0.274 e. The van der Waals surface area contributed by atoms with Gasteiger partial charge in [-0.1, -0.05) is 44.2 Å². The number of aromatic nitrogens is 2. The Morgan fingerprint density at radius 2 is 1.69 bits per heavy atom. The number of nitrogens with zero attached hydrogens (tertiary/aromatic N) is 3. The maximum Gasteiger partial charge on any atom is 0.274 e. The molecule has 0 saturated carbocycles. The summed E-state index contributed by atoms with van der Waals surface area (Å²) in [5.41, 5.74) is 3.26. The van der Waals surface area contributed by atoms with Crippen molar-refractivity contribution < 1.29 is 4.79 Å². The Balaban J connectivity index is 1.76. The topological polar surface area (TPSA) is 58.1 Å². The molecule has 0 atom stereocenters. The third kappa shape index (κ3) is 4.06. The summed E-state index contributed by atoms with van der Waals surface area (Å²) in [4.78, 5) is 23.0. The average Bonchev–Trinajstić information content (AvgIpc) is 2.68. The molecule has 26 heavy (non-hydrogen) atoms. The zero-order valence-corrected chi connectivity index (χ0v) is 15.2. The normalized spacial score (nSPS) is 10.6. The van der Waals surface area contributed by atoms with E-state index >= 15 is 0 Å². The van der Waals surface area contributed by atoms with Gasteiger partial charge in [0.25, 0.3) is 5.91 Å². The molecule has 132 valence electrons. The van der Waals surface area contributed by atoms with Crippen LogP contribution in [0, 0.1) is 0 Å². The first kappa shape index (κ1) is 17.6. The van der Waals surface area contributed by atoms with E-state index in [-0.39, 0.29) is 5.91 Å². The largest absolute Gasteiger partial charge is 0.321 e. The minimum absolute atomic E-state index is 0.257. The number of carbonyl (C=O) groups is 1. The number of anilines is 3. The molecule has 0 aliphatic rings. The molecule has 0 radical (unpaired) electrons. The Kier molecular flexibility index (Phi) is 5.27. The van der Waals surface area contributed by atoms with Gasteiger partial charge in [-0.05, 0) is 41.8 Å². The summed E-state index contributed by atoms with van der Waals surface area (Å²) in [5, 5.41) is 2.88. The van der Waals surface area contributed by atoms with E-state index in [0.717, 1.165) is 11.4 Å². The van der Waals surface area contributed by atoms with Crippen molar-refractivity contribution in [1.82, 2.24) is 9.97 Å². The standard InChI is InChI=1S/C21H22N4O/c1-15(2)16-9-11-17(12-10-16)23-20(26)19-13-14-22-21(24-19)25(3)18-7-5-4-6-8-18/h4-15H,1-3H3,(H,23,26). The lowest BCUT2D eigenvalue weighted by atomic mass is 10.0. The van der Waals surface area contributed by atoms with Crippen LogP contribution >= 0.6 is 0 Å². The summed E-state index contributed by atoms with van der Waals surface area (Å²) in [6, 6.07) is 19.2. The zero-order valence-electron chi connectivity index (χ0n) is 15.2. The molecular weight excluding hydrogens is 324 g/mol. The third-order valence-electron chi connectivity index (χ3n) is 4.15. The molecule has 3 aromatic rings. The predicted octanol–water partition coefficient (Wildman–Crippen LogP) is 4.62. The highest BCUT2D eigenvalue weighted by Crippen LogP contribution is 2.20. The van der Waals surface area contributed by atoms with Gasteiger partial charge >= 0.3 is 0 Å². The molecule has 3 rings (SSSR count). The molecule has 2 aromatic carbocycles. The van der Waals surface area contributed by atoms with E-state index in [4.69, 9.17) is 0 Å². The van der Waals surface area contributed by atoms with E-state index in [9.17, 15) is 4.79 Å². The minimum atomic E-state index is -0.257. The van der Waals surface area contributed by atoms with Gasteiger partial charge in [0.05, 0.1) is 0 Å². The first-order valence-electron chi connectivity index (χ1n) is 8.58. The van der Waals surface area contributed by atoms with Crippen molar-refractivity contribution in [3.8, 4) is 0 Å². The number of nitrogens with one attached hydrogen (secondary N) is 1. The van der Waals surface area contributed by atoms with Gasteiger partial charge in [0.1, 0.15) is 5.69 Å². The Morgan fingerprint density at radius 1 is 1.00 bits per heavy atom. The molecule has 0 fully saturated rings.